The second kappa shape index (κ2) is 11.5. The van der Waals surface area contributed by atoms with Crippen molar-refractivity contribution in [2.24, 2.45) is 11.8 Å². The fourth-order valence-corrected chi connectivity index (χ4v) is 5.21. The highest BCUT2D eigenvalue weighted by Gasteiger charge is 2.42. The van der Waals surface area contributed by atoms with Crippen LogP contribution in [0.2, 0.25) is 0 Å². The van der Waals surface area contributed by atoms with Crippen LogP contribution in [0.3, 0.4) is 0 Å². The molecule has 0 unspecified atom stereocenters. The Morgan fingerprint density at radius 2 is 1.27 bits per heavy atom. The molecule has 220 valence electrons. The average molecular weight is 588 g/mol. The van der Waals surface area contributed by atoms with Crippen LogP contribution in [0, 0.1) is 29.3 Å². The molecule has 41 heavy (non-hydrogen) atoms. The van der Waals surface area contributed by atoms with E-state index in [0.29, 0.717) is 60.4 Å². The van der Waals surface area contributed by atoms with Gasteiger partial charge in [-0.1, -0.05) is 49.9 Å². The van der Waals surface area contributed by atoms with E-state index >= 15 is 0 Å². The topological polar surface area (TPSA) is 36.9 Å². The molecule has 5 rings (SSSR count). The third-order valence-corrected chi connectivity index (χ3v) is 7.21. The van der Waals surface area contributed by atoms with Gasteiger partial charge in [-0.05, 0) is 41.3 Å². The summed E-state index contributed by atoms with van der Waals surface area (Å²) in [6.07, 6.45) is -5.67. The molecule has 0 amide bonds. The summed E-state index contributed by atoms with van der Waals surface area (Å²) in [5.41, 5.74) is -0.786. The molecule has 1 aliphatic heterocycles. The van der Waals surface area contributed by atoms with Crippen molar-refractivity contribution in [1.29, 1.82) is 0 Å². The lowest BCUT2D eigenvalue weighted by atomic mass is 9.91. The predicted molar refractivity (Wildman–Crippen MR) is 129 cm³/mol. The molecule has 1 saturated carbocycles. The van der Waals surface area contributed by atoms with E-state index in [1.54, 1.807) is 24.3 Å². The molecule has 2 fully saturated rings. The molecule has 1 saturated heterocycles. The van der Waals surface area contributed by atoms with Crippen molar-refractivity contribution in [1.82, 2.24) is 0 Å². The van der Waals surface area contributed by atoms with Crippen LogP contribution < -0.4 is 9.47 Å². The van der Waals surface area contributed by atoms with Gasteiger partial charge in [0.05, 0.1) is 13.2 Å². The van der Waals surface area contributed by atoms with Crippen molar-refractivity contribution in [3.63, 3.8) is 0 Å². The molecule has 2 aliphatic rings. The van der Waals surface area contributed by atoms with Gasteiger partial charge in [-0.3, -0.25) is 0 Å². The number of ether oxygens (including phenoxy) is 4. The van der Waals surface area contributed by atoms with Crippen LogP contribution in [0.25, 0.3) is 11.1 Å². The zero-order valence-electron chi connectivity index (χ0n) is 21.3. The first-order valence-corrected chi connectivity index (χ1v) is 12.8. The minimum absolute atomic E-state index is 0.0439. The third-order valence-electron chi connectivity index (χ3n) is 7.21. The molecule has 4 nitrogen and oxygen atoms in total. The molecule has 1 heterocycles. The van der Waals surface area contributed by atoms with Crippen molar-refractivity contribution in [3.8, 4) is 22.6 Å². The number of halogens is 8. The molecule has 1 aliphatic carbocycles. The zero-order chi connectivity index (χ0) is 29.4. The number of benzene rings is 3. The highest BCUT2D eigenvalue weighted by Crippen LogP contribution is 2.39. The monoisotopic (exact) mass is 588 g/mol. The van der Waals surface area contributed by atoms with E-state index in [1.165, 1.54) is 25.7 Å². The standard InChI is InChI=1S/C29H24F8O4/c30-22-13-21(9-10-25(22)41-29(35,36)37)40-28(33,34)26-23(31)11-19(12-24(26)32)17-5-7-18(8-6-17)27-38-14-20(15-39-27)16-3-1-2-4-16/h5-13,16,20,27H,1-4,14-15H2. The van der Waals surface area contributed by atoms with Gasteiger partial charge in [0.15, 0.2) is 17.9 Å². The number of hydrogen-bond acceptors (Lipinski definition) is 4. The summed E-state index contributed by atoms with van der Waals surface area (Å²) >= 11 is 0. The van der Waals surface area contributed by atoms with Gasteiger partial charge < -0.3 is 18.9 Å². The number of hydrogen-bond donors (Lipinski definition) is 0. The van der Waals surface area contributed by atoms with Crippen LogP contribution in [0.15, 0.2) is 54.6 Å². The lowest BCUT2D eigenvalue weighted by Crippen LogP contribution is -2.31. The Kier molecular flexibility index (Phi) is 8.15. The number of alkyl halides is 5. The van der Waals surface area contributed by atoms with Gasteiger partial charge >= 0.3 is 12.5 Å². The van der Waals surface area contributed by atoms with E-state index in [-0.39, 0.29) is 11.6 Å². The largest absolute Gasteiger partial charge is 0.573 e. The smallest absolute Gasteiger partial charge is 0.429 e. The molecular weight excluding hydrogens is 564 g/mol. The summed E-state index contributed by atoms with van der Waals surface area (Å²) in [5.74, 6) is -6.30. The van der Waals surface area contributed by atoms with E-state index < -0.39 is 53.3 Å². The molecule has 0 spiro atoms. The van der Waals surface area contributed by atoms with Gasteiger partial charge in [-0.15, -0.1) is 13.2 Å². The van der Waals surface area contributed by atoms with Crippen molar-refractivity contribution in [2.45, 2.75) is 44.4 Å². The Morgan fingerprint density at radius 3 is 1.83 bits per heavy atom. The van der Waals surface area contributed by atoms with E-state index in [4.69, 9.17) is 9.47 Å². The van der Waals surface area contributed by atoms with E-state index in [9.17, 15) is 35.1 Å². The maximum atomic E-state index is 14.8. The number of rotatable bonds is 7. The first-order chi connectivity index (χ1) is 19.4. The minimum Gasteiger partial charge on any atom is -0.429 e. The SMILES string of the molecule is Fc1cc(OC(F)(F)c2c(F)cc(-c3ccc(C4OCC(C5CCCC5)CO4)cc3)cc2F)ccc1OC(F)(F)F. The van der Waals surface area contributed by atoms with Crippen LogP contribution in [0.5, 0.6) is 11.5 Å². The van der Waals surface area contributed by atoms with Gasteiger partial charge in [0.1, 0.15) is 22.9 Å². The zero-order valence-corrected chi connectivity index (χ0v) is 21.3. The molecule has 0 N–H and O–H groups in total. The normalized spacial score (nSPS) is 20.3. The molecule has 3 aromatic carbocycles. The fraction of sp³-hybridized carbons (Fsp3) is 0.379. The molecular formula is C29H24F8O4. The second-order valence-corrected chi connectivity index (χ2v) is 10.00. The Labute approximate surface area is 229 Å². The van der Waals surface area contributed by atoms with Crippen LogP contribution >= 0.6 is 0 Å². The molecule has 12 heteroatoms. The summed E-state index contributed by atoms with van der Waals surface area (Å²) in [6.45, 7) is 1.15. The van der Waals surface area contributed by atoms with E-state index in [0.717, 1.165) is 0 Å². The van der Waals surface area contributed by atoms with Gasteiger partial charge in [-0.25, -0.2) is 13.2 Å². The fourth-order valence-electron chi connectivity index (χ4n) is 5.21. The lowest BCUT2D eigenvalue weighted by Gasteiger charge is -2.32. The third kappa shape index (κ3) is 6.75. The summed E-state index contributed by atoms with van der Waals surface area (Å²) in [7, 11) is 0. The Balaban J connectivity index is 1.27. The minimum atomic E-state index is -5.23. The van der Waals surface area contributed by atoms with E-state index in [2.05, 4.69) is 9.47 Å². The maximum absolute atomic E-state index is 14.8. The quantitative estimate of drug-likeness (QED) is 0.259. The van der Waals surface area contributed by atoms with Crippen LogP contribution in [-0.2, 0) is 15.6 Å². The molecule has 0 aromatic heterocycles. The van der Waals surface area contributed by atoms with Crippen molar-refractivity contribution >= 4 is 0 Å². The van der Waals surface area contributed by atoms with Crippen molar-refractivity contribution in [3.05, 3.63) is 83.2 Å². The molecule has 0 atom stereocenters. The van der Waals surface area contributed by atoms with Gasteiger partial charge in [0.2, 0.25) is 0 Å². The molecule has 0 radical (unpaired) electrons. The Hall–Kier alpha value is -3.38. The average Bonchev–Trinajstić information content (AvgIpc) is 3.44. The molecule has 3 aromatic rings. The lowest BCUT2D eigenvalue weighted by molar-refractivity contribution is -0.275. The maximum Gasteiger partial charge on any atom is 0.573 e. The highest BCUT2D eigenvalue weighted by molar-refractivity contribution is 5.64. The molecule has 0 bridgehead atoms. The van der Waals surface area contributed by atoms with Crippen LogP contribution in [-0.4, -0.2) is 19.6 Å². The highest BCUT2D eigenvalue weighted by atomic mass is 19.4. The summed E-state index contributed by atoms with van der Waals surface area (Å²) in [5, 5.41) is 0. The van der Waals surface area contributed by atoms with Gasteiger partial charge in [-0.2, -0.15) is 8.78 Å². The Morgan fingerprint density at radius 1 is 0.659 bits per heavy atom. The van der Waals surface area contributed by atoms with Crippen molar-refractivity contribution < 1.29 is 54.1 Å². The summed E-state index contributed by atoms with van der Waals surface area (Å²) in [4.78, 5) is 0. The van der Waals surface area contributed by atoms with Crippen molar-refractivity contribution in [2.75, 3.05) is 13.2 Å². The van der Waals surface area contributed by atoms with Crippen LogP contribution in [0.4, 0.5) is 35.1 Å². The van der Waals surface area contributed by atoms with Crippen LogP contribution in [0.1, 0.15) is 43.1 Å². The predicted octanol–water partition coefficient (Wildman–Crippen LogP) is 8.65. The summed E-state index contributed by atoms with van der Waals surface area (Å²) < 4.78 is 129. The second-order valence-electron chi connectivity index (χ2n) is 10.00. The first kappa shape index (κ1) is 29.1. The Bertz CT molecular complexity index is 1340. The summed E-state index contributed by atoms with van der Waals surface area (Å²) in [6, 6.07) is 8.87. The van der Waals surface area contributed by atoms with Gasteiger partial charge in [0.25, 0.3) is 0 Å². The first-order valence-electron chi connectivity index (χ1n) is 12.8. The van der Waals surface area contributed by atoms with Gasteiger partial charge in [0, 0.05) is 17.5 Å². The van der Waals surface area contributed by atoms with E-state index in [1.807, 2.05) is 0 Å².